The summed E-state index contributed by atoms with van der Waals surface area (Å²) in [5, 5.41) is 1.24. The van der Waals surface area contributed by atoms with Crippen LogP contribution in [0.3, 0.4) is 0 Å². The van der Waals surface area contributed by atoms with Crippen molar-refractivity contribution in [3.8, 4) is 0 Å². The van der Waals surface area contributed by atoms with Crippen LogP contribution in [0.4, 0.5) is 50.5 Å². The molecule has 6 aromatic carbocycles. The van der Waals surface area contributed by atoms with Crippen molar-refractivity contribution in [3.05, 3.63) is 167 Å². The Balaban J connectivity index is 1.41. The Morgan fingerprint density at radius 2 is 0.887 bits per heavy atom. The molecule has 314 valence electrons. The highest BCUT2D eigenvalue weighted by Gasteiger charge is 2.47. The molecule has 7 aromatic rings. The van der Waals surface area contributed by atoms with Gasteiger partial charge in [0.25, 0.3) is 6.71 Å². The highest BCUT2D eigenvalue weighted by Crippen LogP contribution is 2.52. The van der Waals surface area contributed by atoms with E-state index >= 15 is 0 Å². The molecule has 0 N–H and O–H groups in total. The van der Waals surface area contributed by atoms with Crippen molar-refractivity contribution in [1.82, 2.24) is 0 Å². The Hall–Kier alpha value is -5.52. The first kappa shape index (κ1) is 41.8. The molecule has 0 aliphatic carbocycles. The van der Waals surface area contributed by atoms with Crippen LogP contribution in [0.5, 0.6) is 0 Å². The number of fused-ring (bicyclic) bond motifs is 4. The summed E-state index contributed by atoms with van der Waals surface area (Å²) in [4.78, 5) is 7.67. The largest absolute Gasteiger partial charge is 0.311 e. The summed E-state index contributed by atoms with van der Waals surface area (Å²) in [6.45, 7) is 30.3. The summed E-state index contributed by atoms with van der Waals surface area (Å²) in [7, 11) is 0. The van der Waals surface area contributed by atoms with Gasteiger partial charge in [0, 0.05) is 50.2 Å². The minimum atomic E-state index is -0.104. The van der Waals surface area contributed by atoms with E-state index in [9.17, 15) is 0 Å². The average molecular weight is 832 g/mol. The lowest BCUT2D eigenvalue weighted by molar-refractivity contribution is 0.589. The van der Waals surface area contributed by atoms with Crippen LogP contribution >= 0.6 is 11.3 Å². The molecule has 0 unspecified atom stereocenters. The molecule has 1 aromatic heterocycles. The predicted octanol–water partition coefficient (Wildman–Crippen LogP) is 14.8. The van der Waals surface area contributed by atoms with E-state index < -0.39 is 0 Å². The van der Waals surface area contributed by atoms with Crippen LogP contribution in [0.2, 0.25) is 0 Å². The molecule has 5 heteroatoms. The van der Waals surface area contributed by atoms with Gasteiger partial charge in [0.1, 0.15) is 5.00 Å². The molecule has 3 heterocycles. The smallest absolute Gasteiger partial charge is 0.264 e. The van der Waals surface area contributed by atoms with Crippen LogP contribution in [0.1, 0.15) is 111 Å². The van der Waals surface area contributed by atoms with E-state index in [0.29, 0.717) is 0 Å². The number of thiophene rings is 1. The fraction of sp³-hybridized carbons (Fsp3) is 0.298. The van der Waals surface area contributed by atoms with Crippen LogP contribution in [-0.2, 0) is 21.7 Å². The zero-order valence-electron chi connectivity index (χ0n) is 39.1. The monoisotopic (exact) mass is 831 g/mol. The summed E-state index contributed by atoms with van der Waals surface area (Å²) in [5.74, 6) is 0. The van der Waals surface area contributed by atoms with Crippen LogP contribution in [0.25, 0.3) is 0 Å². The van der Waals surface area contributed by atoms with Gasteiger partial charge in [-0.05, 0) is 128 Å². The minimum absolute atomic E-state index is 0.0161. The average Bonchev–Trinajstić information content (AvgIpc) is 3.55. The SMILES string of the molecule is Cc1c(N(c2ccccc2)c2ccccc2)sc2c1N(c1ccc(C(C)(C)C)cc1)c1cc(C(C)(C)C)cc3c1B2c1cc(C(C)(C)C)ccc1N3c1ccc(C(C)(C)C)cc1. The zero-order chi connectivity index (χ0) is 44.1. The van der Waals surface area contributed by atoms with Crippen molar-refractivity contribution in [2.24, 2.45) is 0 Å². The topological polar surface area (TPSA) is 9.72 Å². The molecule has 0 fully saturated rings. The second-order valence-corrected chi connectivity index (χ2v) is 22.7. The van der Waals surface area contributed by atoms with Gasteiger partial charge < -0.3 is 14.7 Å². The molecular weight excluding hydrogens is 770 g/mol. The quantitative estimate of drug-likeness (QED) is 0.160. The van der Waals surface area contributed by atoms with E-state index in [-0.39, 0.29) is 28.4 Å². The molecule has 9 rings (SSSR count). The third-order valence-electron chi connectivity index (χ3n) is 13.0. The van der Waals surface area contributed by atoms with Crippen molar-refractivity contribution < 1.29 is 0 Å². The predicted molar refractivity (Wildman–Crippen MR) is 273 cm³/mol. The number of benzene rings is 6. The van der Waals surface area contributed by atoms with Gasteiger partial charge in [-0.25, -0.2) is 0 Å². The molecule has 0 bridgehead atoms. The normalized spacial score (nSPS) is 13.8. The van der Waals surface area contributed by atoms with Crippen molar-refractivity contribution >= 4 is 84.3 Å². The first-order valence-electron chi connectivity index (χ1n) is 22.4. The summed E-state index contributed by atoms with van der Waals surface area (Å²) in [6, 6.07) is 53.0. The fourth-order valence-corrected chi connectivity index (χ4v) is 10.8. The Labute approximate surface area is 376 Å². The lowest BCUT2D eigenvalue weighted by Gasteiger charge is -2.44. The van der Waals surface area contributed by atoms with E-state index in [1.807, 2.05) is 11.3 Å². The fourth-order valence-electron chi connectivity index (χ4n) is 9.36. The summed E-state index contributed by atoms with van der Waals surface area (Å²) in [5.41, 5.74) is 19.0. The van der Waals surface area contributed by atoms with E-state index in [2.05, 4.69) is 244 Å². The lowest BCUT2D eigenvalue weighted by atomic mass is 9.36. The molecule has 62 heavy (non-hydrogen) atoms. The molecule has 0 saturated heterocycles. The number of para-hydroxylation sites is 2. The molecule has 0 atom stereocenters. The summed E-state index contributed by atoms with van der Waals surface area (Å²) >= 11 is 1.96. The molecule has 0 spiro atoms. The van der Waals surface area contributed by atoms with Crippen LogP contribution in [-0.4, -0.2) is 6.71 Å². The van der Waals surface area contributed by atoms with Gasteiger partial charge in [-0.15, -0.1) is 11.3 Å². The maximum atomic E-state index is 2.62. The van der Waals surface area contributed by atoms with Gasteiger partial charge in [-0.2, -0.15) is 0 Å². The standard InChI is InChI=1S/C57H62BN3S/c1-37-51-52(62-53(37)59(42-20-16-14-17-21-42)43-22-18-15-19-23-43)58-46-34-40(56(8,9)10)28-33-47(46)60(44-29-24-38(25-30-44)54(2,3)4)48-35-41(57(11,12)13)36-49(50(48)58)61(51)45-31-26-39(27-32-45)55(5,6)7/h14-36H,1-13H3. The van der Waals surface area contributed by atoms with Crippen molar-refractivity contribution in [3.63, 3.8) is 0 Å². The highest BCUT2D eigenvalue weighted by atomic mass is 32.1. The van der Waals surface area contributed by atoms with Crippen LogP contribution in [0, 0.1) is 6.92 Å². The van der Waals surface area contributed by atoms with E-state index in [4.69, 9.17) is 0 Å². The Morgan fingerprint density at radius 1 is 0.452 bits per heavy atom. The molecular formula is C57H62BN3S. The Kier molecular flexibility index (Phi) is 9.98. The molecule has 0 amide bonds. The molecule has 0 saturated carbocycles. The van der Waals surface area contributed by atoms with Gasteiger partial charge in [0.05, 0.1) is 5.69 Å². The third-order valence-corrected chi connectivity index (χ3v) is 14.4. The zero-order valence-corrected chi connectivity index (χ0v) is 39.9. The number of nitrogens with zero attached hydrogens (tertiary/aromatic N) is 3. The van der Waals surface area contributed by atoms with Gasteiger partial charge in [0.15, 0.2) is 0 Å². The van der Waals surface area contributed by atoms with Crippen molar-refractivity contribution in [2.75, 3.05) is 14.7 Å². The summed E-state index contributed by atoms with van der Waals surface area (Å²) in [6.07, 6.45) is 0. The van der Waals surface area contributed by atoms with Crippen molar-refractivity contribution in [2.45, 2.75) is 112 Å². The number of anilines is 9. The highest BCUT2D eigenvalue weighted by molar-refractivity contribution is 7.32. The van der Waals surface area contributed by atoms with Gasteiger partial charge in [-0.1, -0.05) is 156 Å². The Bertz CT molecular complexity index is 2740. The van der Waals surface area contributed by atoms with E-state index in [0.717, 1.165) is 11.4 Å². The molecule has 2 aliphatic heterocycles. The van der Waals surface area contributed by atoms with Gasteiger partial charge >= 0.3 is 0 Å². The minimum Gasteiger partial charge on any atom is -0.311 e. The summed E-state index contributed by atoms with van der Waals surface area (Å²) < 4.78 is 1.38. The maximum Gasteiger partial charge on any atom is 0.264 e. The first-order chi connectivity index (χ1) is 29.2. The van der Waals surface area contributed by atoms with Gasteiger partial charge in [-0.3, -0.25) is 0 Å². The van der Waals surface area contributed by atoms with Crippen LogP contribution in [0.15, 0.2) is 140 Å². The number of hydrogen-bond donors (Lipinski definition) is 0. The second kappa shape index (κ2) is 14.8. The number of hydrogen-bond acceptors (Lipinski definition) is 4. The second-order valence-electron chi connectivity index (χ2n) is 21.7. The lowest BCUT2D eigenvalue weighted by Crippen LogP contribution is -2.60. The molecule has 0 radical (unpaired) electrons. The molecule has 2 aliphatic rings. The van der Waals surface area contributed by atoms with E-state index in [1.54, 1.807) is 0 Å². The van der Waals surface area contributed by atoms with Gasteiger partial charge in [0.2, 0.25) is 0 Å². The first-order valence-corrected chi connectivity index (χ1v) is 23.2. The maximum absolute atomic E-state index is 2.62. The van der Waals surface area contributed by atoms with Crippen molar-refractivity contribution in [1.29, 1.82) is 0 Å². The van der Waals surface area contributed by atoms with E-state index in [1.165, 1.54) is 82.6 Å². The number of rotatable bonds is 5. The Morgan fingerprint density at radius 3 is 1.35 bits per heavy atom. The van der Waals surface area contributed by atoms with Crippen LogP contribution < -0.4 is 30.4 Å². The third kappa shape index (κ3) is 7.17. The molecule has 3 nitrogen and oxygen atoms in total.